The highest BCUT2D eigenvalue weighted by molar-refractivity contribution is 7.09. The molecule has 0 radical (unpaired) electrons. The predicted octanol–water partition coefficient (Wildman–Crippen LogP) is 2.35. The topological polar surface area (TPSA) is 24.9 Å². The molecule has 1 heterocycles. The number of thiazole rings is 1. The van der Waals surface area contributed by atoms with Gasteiger partial charge >= 0.3 is 0 Å². The summed E-state index contributed by atoms with van der Waals surface area (Å²) in [6.07, 6.45) is 5.95. The number of aromatic nitrogens is 1. The van der Waals surface area contributed by atoms with E-state index in [0.29, 0.717) is 6.04 Å². The molecule has 1 aliphatic carbocycles. The van der Waals surface area contributed by atoms with E-state index in [4.69, 9.17) is 0 Å². The molecule has 0 aromatic carbocycles. The van der Waals surface area contributed by atoms with E-state index in [1.807, 2.05) is 11.6 Å². The Labute approximate surface area is 77.0 Å². The highest BCUT2D eigenvalue weighted by Gasteiger charge is 2.20. The Hall–Kier alpha value is -0.410. The van der Waals surface area contributed by atoms with Crippen LogP contribution in [-0.2, 0) is 0 Å². The van der Waals surface area contributed by atoms with Crippen molar-refractivity contribution in [2.75, 3.05) is 0 Å². The van der Waals surface area contributed by atoms with E-state index in [0.717, 1.165) is 6.04 Å². The Morgan fingerprint density at radius 2 is 2.50 bits per heavy atom. The average molecular weight is 182 g/mol. The maximum absolute atomic E-state index is 4.28. The fourth-order valence-corrected chi connectivity index (χ4v) is 2.10. The van der Waals surface area contributed by atoms with Gasteiger partial charge in [0.1, 0.15) is 5.01 Å². The number of hydrogen-bond donors (Lipinski definition) is 1. The third-order valence-corrected chi connectivity index (χ3v) is 3.37. The third-order valence-electron chi connectivity index (χ3n) is 2.41. The minimum absolute atomic E-state index is 0.440. The molecule has 1 atom stereocenters. The zero-order valence-corrected chi connectivity index (χ0v) is 8.10. The summed E-state index contributed by atoms with van der Waals surface area (Å²) in [5, 5.41) is 6.81. The summed E-state index contributed by atoms with van der Waals surface area (Å²) in [5.41, 5.74) is 0. The summed E-state index contributed by atoms with van der Waals surface area (Å²) in [6.45, 7) is 2.19. The minimum Gasteiger partial charge on any atom is -0.305 e. The largest absolute Gasteiger partial charge is 0.305 e. The zero-order chi connectivity index (χ0) is 8.39. The Bertz CT molecular complexity index is 229. The van der Waals surface area contributed by atoms with Gasteiger partial charge in [0.15, 0.2) is 0 Å². The normalized spacial score (nSPS) is 20.4. The molecule has 3 heteroatoms. The van der Waals surface area contributed by atoms with Crippen LogP contribution in [0.15, 0.2) is 11.6 Å². The van der Waals surface area contributed by atoms with Crippen molar-refractivity contribution in [2.24, 2.45) is 0 Å². The van der Waals surface area contributed by atoms with Crippen LogP contribution in [0.4, 0.5) is 0 Å². The van der Waals surface area contributed by atoms with Crippen LogP contribution in [0.3, 0.4) is 0 Å². The van der Waals surface area contributed by atoms with Gasteiger partial charge in [-0.25, -0.2) is 4.98 Å². The lowest BCUT2D eigenvalue weighted by Crippen LogP contribution is -2.36. The lowest BCUT2D eigenvalue weighted by molar-refractivity contribution is 0.313. The standard InChI is InChI=1S/C9H14N2S/c1-7(9-10-5-6-12-9)11-8-3-2-4-8/h5-8,11H,2-4H2,1H3. The predicted molar refractivity (Wildman–Crippen MR) is 51.3 cm³/mol. The van der Waals surface area contributed by atoms with Crippen LogP contribution in [0.25, 0.3) is 0 Å². The molecule has 12 heavy (non-hydrogen) atoms. The molecular weight excluding hydrogens is 168 g/mol. The summed E-state index contributed by atoms with van der Waals surface area (Å²) < 4.78 is 0. The third kappa shape index (κ3) is 1.67. The first kappa shape index (κ1) is 8.20. The van der Waals surface area contributed by atoms with Crippen molar-refractivity contribution in [1.82, 2.24) is 10.3 Å². The van der Waals surface area contributed by atoms with Gasteiger partial charge in [-0.15, -0.1) is 11.3 Å². The van der Waals surface area contributed by atoms with Crippen molar-refractivity contribution in [1.29, 1.82) is 0 Å². The number of nitrogens with zero attached hydrogens (tertiary/aromatic N) is 1. The van der Waals surface area contributed by atoms with Gasteiger partial charge in [0, 0.05) is 17.6 Å². The van der Waals surface area contributed by atoms with Gasteiger partial charge in [0.25, 0.3) is 0 Å². The van der Waals surface area contributed by atoms with Gasteiger partial charge in [-0.3, -0.25) is 0 Å². The van der Waals surface area contributed by atoms with Crippen molar-refractivity contribution in [2.45, 2.75) is 38.3 Å². The molecule has 0 spiro atoms. The second-order valence-corrected chi connectivity index (χ2v) is 4.31. The summed E-state index contributed by atoms with van der Waals surface area (Å²) in [7, 11) is 0. The minimum atomic E-state index is 0.440. The van der Waals surface area contributed by atoms with Crippen LogP contribution in [-0.4, -0.2) is 11.0 Å². The van der Waals surface area contributed by atoms with Gasteiger partial charge in [0.05, 0.1) is 6.04 Å². The summed E-state index contributed by atoms with van der Waals surface area (Å²) in [6, 6.07) is 1.19. The number of hydrogen-bond acceptors (Lipinski definition) is 3. The average Bonchev–Trinajstić information content (AvgIpc) is 2.47. The molecule has 0 amide bonds. The Balaban J connectivity index is 1.87. The molecule has 1 aromatic heterocycles. The molecule has 0 bridgehead atoms. The van der Waals surface area contributed by atoms with E-state index >= 15 is 0 Å². The lowest BCUT2D eigenvalue weighted by atomic mass is 9.92. The molecule has 1 saturated carbocycles. The van der Waals surface area contributed by atoms with Crippen LogP contribution < -0.4 is 5.32 Å². The lowest BCUT2D eigenvalue weighted by Gasteiger charge is -2.29. The number of rotatable bonds is 3. The van der Waals surface area contributed by atoms with Crippen LogP contribution >= 0.6 is 11.3 Å². The molecule has 1 N–H and O–H groups in total. The number of nitrogens with one attached hydrogen (secondary N) is 1. The first-order chi connectivity index (χ1) is 5.86. The molecule has 2 nitrogen and oxygen atoms in total. The van der Waals surface area contributed by atoms with Crippen LogP contribution in [0.2, 0.25) is 0 Å². The Kier molecular flexibility index (Phi) is 2.42. The van der Waals surface area contributed by atoms with E-state index in [2.05, 4.69) is 17.2 Å². The van der Waals surface area contributed by atoms with E-state index < -0.39 is 0 Å². The second kappa shape index (κ2) is 3.54. The molecule has 1 aromatic rings. The summed E-state index contributed by atoms with van der Waals surface area (Å²) >= 11 is 1.73. The van der Waals surface area contributed by atoms with Gasteiger partial charge in [0.2, 0.25) is 0 Å². The molecule has 0 saturated heterocycles. The molecule has 2 rings (SSSR count). The first-order valence-electron chi connectivity index (χ1n) is 4.51. The van der Waals surface area contributed by atoms with Gasteiger partial charge in [-0.05, 0) is 19.8 Å². The van der Waals surface area contributed by atoms with Crippen LogP contribution in [0.5, 0.6) is 0 Å². The van der Waals surface area contributed by atoms with E-state index in [-0.39, 0.29) is 0 Å². The van der Waals surface area contributed by atoms with Crippen molar-refractivity contribution in [3.63, 3.8) is 0 Å². The van der Waals surface area contributed by atoms with Crippen molar-refractivity contribution in [3.05, 3.63) is 16.6 Å². The molecule has 66 valence electrons. The molecule has 0 aliphatic heterocycles. The smallest absolute Gasteiger partial charge is 0.109 e. The van der Waals surface area contributed by atoms with E-state index in [1.165, 1.54) is 24.3 Å². The van der Waals surface area contributed by atoms with Gasteiger partial charge < -0.3 is 5.32 Å². The maximum atomic E-state index is 4.28. The molecular formula is C9H14N2S. The Morgan fingerprint density at radius 1 is 1.67 bits per heavy atom. The summed E-state index contributed by atoms with van der Waals surface area (Å²) in [5.74, 6) is 0. The van der Waals surface area contributed by atoms with Crippen LogP contribution in [0, 0.1) is 0 Å². The van der Waals surface area contributed by atoms with E-state index in [1.54, 1.807) is 11.3 Å². The van der Waals surface area contributed by atoms with Crippen molar-refractivity contribution in [3.8, 4) is 0 Å². The molecule has 1 aliphatic rings. The summed E-state index contributed by atoms with van der Waals surface area (Å²) in [4.78, 5) is 4.28. The Morgan fingerprint density at radius 3 is 3.00 bits per heavy atom. The van der Waals surface area contributed by atoms with E-state index in [9.17, 15) is 0 Å². The fraction of sp³-hybridized carbons (Fsp3) is 0.667. The highest BCUT2D eigenvalue weighted by Crippen LogP contribution is 2.23. The monoisotopic (exact) mass is 182 g/mol. The van der Waals surface area contributed by atoms with Gasteiger partial charge in [-0.1, -0.05) is 6.42 Å². The van der Waals surface area contributed by atoms with Crippen LogP contribution in [0.1, 0.15) is 37.2 Å². The van der Waals surface area contributed by atoms with Gasteiger partial charge in [-0.2, -0.15) is 0 Å². The first-order valence-corrected chi connectivity index (χ1v) is 5.39. The van der Waals surface area contributed by atoms with Crippen molar-refractivity contribution < 1.29 is 0 Å². The second-order valence-electron chi connectivity index (χ2n) is 3.39. The molecule has 1 fully saturated rings. The van der Waals surface area contributed by atoms with Crippen molar-refractivity contribution >= 4 is 11.3 Å². The quantitative estimate of drug-likeness (QED) is 0.776. The SMILES string of the molecule is CC(NC1CCC1)c1nccs1. The maximum Gasteiger partial charge on any atom is 0.109 e. The fourth-order valence-electron chi connectivity index (χ4n) is 1.45. The zero-order valence-electron chi connectivity index (χ0n) is 7.29. The molecule has 1 unspecified atom stereocenters. The highest BCUT2D eigenvalue weighted by atomic mass is 32.1.